The van der Waals surface area contributed by atoms with Gasteiger partial charge in [0.1, 0.15) is 11.5 Å². The molecule has 0 bridgehead atoms. The van der Waals surface area contributed by atoms with Gasteiger partial charge in [0.2, 0.25) is 0 Å². The van der Waals surface area contributed by atoms with Crippen LogP contribution in [0.15, 0.2) is 72.8 Å². The molecule has 2 heteroatoms. The van der Waals surface area contributed by atoms with Crippen molar-refractivity contribution in [1.82, 2.24) is 0 Å². The average molecular weight is 346 g/mol. The van der Waals surface area contributed by atoms with Gasteiger partial charge in [0.05, 0.1) is 0 Å². The molecule has 4 aromatic carbocycles. The fraction of sp³-hybridized carbons (Fsp3) is 0.167. The molecule has 2 N–H and O–H groups in total. The van der Waals surface area contributed by atoms with E-state index in [4.69, 9.17) is 0 Å². The second kappa shape index (κ2) is 8.91. The van der Waals surface area contributed by atoms with E-state index < -0.39 is 0 Å². The molecular weight excluding hydrogens is 320 g/mol. The van der Waals surface area contributed by atoms with Gasteiger partial charge < -0.3 is 10.2 Å². The Kier molecular flexibility index (Phi) is 6.62. The molecule has 0 spiro atoms. The standard InChI is InChI=1S/C20H14O2.2C2H6/c21-17-11-9-13-5-1-3-7-15(13)19(17)20-16-8-4-2-6-14(16)10-12-18(20)22;2*1-2/h1-12,21-22H;2*1-2H3. The van der Waals surface area contributed by atoms with Crippen LogP contribution in [0.4, 0.5) is 0 Å². The van der Waals surface area contributed by atoms with Crippen molar-refractivity contribution in [2.75, 3.05) is 0 Å². The van der Waals surface area contributed by atoms with Crippen LogP contribution in [0.25, 0.3) is 32.7 Å². The first-order valence-corrected chi connectivity index (χ1v) is 9.17. The SMILES string of the molecule is CC.CC.Oc1ccc2ccccc2c1-c1c(O)ccc2ccccc12. The largest absolute Gasteiger partial charge is 0.507 e. The molecule has 2 nitrogen and oxygen atoms in total. The Balaban J connectivity index is 0.000000570. The topological polar surface area (TPSA) is 40.5 Å². The number of benzene rings is 4. The lowest BCUT2D eigenvalue weighted by Crippen LogP contribution is -1.86. The molecule has 134 valence electrons. The second-order valence-electron chi connectivity index (χ2n) is 5.36. The maximum absolute atomic E-state index is 10.4. The van der Waals surface area contributed by atoms with Crippen LogP contribution in [0, 0.1) is 0 Å². The van der Waals surface area contributed by atoms with Gasteiger partial charge in [-0.25, -0.2) is 0 Å². The van der Waals surface area contributed by atoms with E-state index in [1.165, 1.54) is 0 Å². The van der Waals surface area contributed by atoms with Crippen LogP contribution < -0.4 is 0 Å². The minimum atomic E-state index is 0.172. The summed E-state index contributed by atoms with van der Waals surface area (Å²) in [5.74, 6) is 0.343. The third kappa shape index (κ3) is 3.50. The summed E-state index contributed by atoms with van der Waals surface area (Å²) >= 11 is 0. The third-order valence-corrected chi connectivity index (χ3v) is 4.06. The summed E-state index contributed by atoms with van der Waals surface area (Å²) in [6.07, 6.45) is 0. The molecule has 0 heterocycles. The predicted octanol–water partition coefficient (Wildman–Crippen LogP) is 7.12. The molecule has 0 saturated heterocycles. The monoisotopic (exact) mass is 346 g/mol. The number of rotatable bonds is 1. The van der Waals surface area contributed by atoms with Crippen molar-refractivity contribution in [3.63, 3.8) is 0 Å². The average Bonchev–Trinajstić information content (AvgIpc) is 2.72. The van der Waals surface area contributed by atoms with Crippen LogP contribution in [0.1, 0.15) is 27.7 Å². The lowest BCUT2D eigenvalue weighted by atomic mass is 9.92. The Morgan fingerprint density at radius 3 is 1.19 bits per heavy atom. The Bertz CT molecular complexity index is 920. The second-order valence-corrected chi connectivity index (χ2v) is 5.36. The highest BCUT2D eigenvalue weighted by atomic mass is 16.3. The fourth-order valence-corrected chi connectivity index (χ4v) is 3.05. The van der Waals surface area contributed by atoms with Gasteiger partial charge in [0.25, 0.3) is 0 Å². The maximum atomic E-state index is 10.4. The van der Waals surface area contributed by atoms with Crippen molar-refractivity contribution in [2.45, 2.75) is 27.7 Å². The lowest BCUT2D eigenvalue weighted by Gasteiger charge is -2.14. The highest BCUT2D eigenvalue weighted by Crippen LogP contribution is 2.44. The Hall–Kier alpha value is -3.00. The van der Waals surface area contributed by atoms with Gasteiger partial charge in [-0.3, -0.25) is 0 Å². The minimum absolute atomic E-state index is 0.172. The predicted molar refractivity (Wildman–Crippen MR) is 113 cm³/mol. The van der Waals surface area contributed by atoms with Gasteiger partial charge in [0, 0.05) is 11.1 Å². The van der Waals surface area contributed by atoms with Crippen LogP contribution in [0.2, 0.25) is 0 Å². The van der Waals surface area contributed by atoms with Crippen LogP contribution in [0.3, 0.4) is 0 Å². The highest BCUT2D eigenvalue weighted by Gasteiger charge is 2.16. The van der Waals surface area contributed by atoms with Crippen molar-refractivity contribution in [1.29, 1.82) is 0 Å². The lowest BCUT2D eigenvalue weighted by molar-refractivity contribution is 0.470. The summed E-state index contributed by atoms with van der Waals surface area (Å²) in [7, 11) is 0. The fourth-order valence-electron chi connectivity index (χ4n) is 3.05. The number of phenolic OH excluding ortho intramolecular Hbond substituents is 2. The number of hydrogen-bond donors (Lipinski definition) is 2. The molecule has 0 fully saturated rings. The van der Waals surface area contributed by atoms with E-state index in [0.29, 0.717) is 11.1 Å². The molecule has 4 aromatic rings. The molecule has 0 saturated carbocycles. The summed E-state index contributed by atoms with van der Waals surface area (Å²) in [5.41, 5.74) is 1.35. The molecule has 26 heavy (non-hydrogen) atoms. The molecule has 0 aliphatic carbocycles. The first-order chi connectivity index (χ1) is 12.8. The molecular formula is C24H26O2. The van der Waals surface area contributed by atoms with E-state index >= 15 is 0 Å². The molecule has 0 atom stereocenters. The highest BCUT2D eigenvalue weighted by molar-refractivity contribution is 6.09. The smallest absolute Gasteiger partial charge is 0.124 e. The zero-order chi connectivity index (χ0) is 19.1. The molecule has 4 rings (SSSR count). The van der Waals surface area contributed by atoms with Gasteiger partial charge in [-0.15, -0.1) is 0 Å². The minimum Gasteiger partial charge on any atom is -0.507 e. The molecule has 0 amide bonds. The van der Waals surface area contributed by atoms with Crippen LogP contribution in [0.5, 0.6) is 11.5 Å². The van der Waals surface area contributed by atoms with Crippen LogP contribution in [-0.2, 0) is 0 Å². The molecule has 0 unspecified atom stereocenters. The zero-order valence-electron chi connectivity index (χ0n) is 15.8. The van der Waals surface area contributed by atoms with E-state index in [9.17, 15) is 10.2 Å². The zero-order valence-corrected chi connectivity index (χ0v) is 15.8. The van der Waals surface area contributed by atoms with Crippen molar-refractivity contribution < 1.29 is 10.2 Å². The van der Waals surface area contributed by atoms with E-state index in [1.54, 1.807) is 12.1 Å². The van der Waals surface area contributed by atoms with Gasteiger partial charge >= 0.3 is 0 Å². The first-order valence-electron chi connectivity index (χ1n) is 9.17. The molecule has 0 aliphatic heterocycles. The van der Waals surface area contributed by atoms with Crippen molar-refractivity contribution in [3.8, 4) is 22.6 Å². The van der Waals surface area contributed by atoms with E-state index in [0.717, 1.165) is 21.5 Å². The summed E-state index contributed by atoms with van der Waals surface area (Å²) in [6.45, 7) is 8.00. The van der Waals surface area contributed by atoms with Crippen molar-refractivity contribution in [3.05, 3.63) is 72.8 Å². The van der Waals surface area contributed by atoms with Crippen molar-refractivity contribution in [2.24, 2.45) is 0 Å². The normalized spacial score (nSPS) is 9.85. The van der Waals surface area contributed by atoms with Crippen LogP contribution >= 0.6 is 0 Å². The Morgan fingerprint density at radius 2 is 0.808 bits per heavy atom. The third-order valence-electron chi connectivity index (χ3n) is 4.06. The van der Waals surface area contributed by atoms with E-state index in [2.05, 4.69) is 0 Å². The maximum Gasteiger partial charge on any atom is 0.124 e. The van der Waals surface area contributed by atoms with Gasteiger partial charge in [-0.1, -0.05) is 88.4 Å². The number of hydrogen-bond acceptors (Lipinski definition) is 2. The number of aromatic hydroxyl groups is 2. The van der Waals surface area contributed by atoms with Crippen molar-refractivity contribution >= 4 is 21.5 Å². The quantitative estimate of drug-likeness (QED) is 0.385. The van der Waals surface area contributed by atoms with Gasteiger partial charge in [0.15, 0.2) is 0 Å². The number of fused-ring (bicyclic) bond motifs is 2. The number of phenols is 2. The molecule has 0 aromatic heterocycles. The Labute approximate surface area is 155 Å². The molecule has 0 aliphatic rings. The van der Waals surface area contributed by atoms with Gasteiger partial charge in [-0.05, 0) is 33.7 Å². The Morgan fingerprint density at radius 1 is 0.462 bits per heavy atom. The summed E-state index contributed by atoms with van der Waals surface area (Å²) in [5, 5.41) is 24.8. The van der Waals surface area contributed by atoms with E-state index in [1.807, 2.05) is 88.4 Å². The summed E-state index contributed by atoms with van der Waals surface area (Å²) in [6, 6.07) is 22.9. The first kappa shape index (κ1) is 19.3. The molecule has 0 radical (unpaired) electrons. The van der Waals surface area contributed by atoms with Gasteiger partial charge in [-0.2, -0.15) is 0 Å². The summed E-state index contributed by atoms with van der Waals surface area (Å²) < 4.78 is 0. The van der Waals surface area contributed by atoms with E-state index in [-0.39, 0.29) is 11.5 Å². The summed E-state index contributed by atoms with van der Waals surface area (Å²) in [4.78, 5) is 0. The van der Waals surface area contributed by atoms with Crippen LogP contribution in [-0.4, -0.2) is 10.2 Å².